The highest BCUT2D eigenvalue weighted by Gasteiger charge is 2.19. The largest absolute Gasteiger partial charge is 0.462 e. The van der Waals surface area contributed by atoms with Crippen LogP contribution in [0.15, 0.2) is 0 Å². The van der Waals surface area contributed by atoms with Crippen LogP contribution in [0, 0.1) is 17.8 Å². The van der Waals surface area contributed by atoms with Gasteiger partial charge in [0.2, 0.25) is 0 Å². The van der Waals surface area contributed by atoms with Crippen LogP contribution < -0.4 is 0 Å². The van der Waals surface area contributed by atoms with E-state index in [0.717, 1.165) is 75.5 Å². The lowest BCUT2D eigenvalue weighted by Gasteiger charge is -2.18. The maximum atomic E-state index is 12.7. The Bertz CT molecular complexity index is 870. The van der Waals surface area contributed by atoms with Crippen LogP contribution in [-0.2, 0) is 28.6 Å². The van der Waals surface area contributed by atoms with Gasteiger partial charge in [-0.25, -0.2) is 0 Å². The van der Waals surface area contributed by atoms with Crippen molar-refractivity contribution in [1.29, 1.82) is 0 Å². The Hall–Kier alpha value is -1.59. The van der Waals surface area contributed by atoms with E-state index in [1.807, 2.05) is 0 Å². The Morgan fingerprint density at radius 1 is 0.357 bits per heavy atom. The minimum absolute atomic E-state index is 0.0656. The third-order valence-electron chi connectivity index (χ3n) is 11.5. The predicted molar refractivity (Wildman–Crippen MR) is 238 cm³/mol. The summed E-state index contributed by atoms with van der Waals surface area (Å²) in [7, 11) is 0. The third-order valence-corrected chi connectivity index (χ3v) is 11.5. The molecule has 0 N–H and O–H groups in total. The van der Waals surface area contributed by atoms with Crippen molar-refractivity contribution in [2.45, 2.75) is 272 Å². The zero-order valence-corrected chi connectivity index (χ0v) is 38.4. The number of esters is 3. The molecule has 0 rings (SSSR count). The molecule has 0 saturated carbocycles. The van der Waals surface area contributed by atoms with Crippen molar-refractivity contribution in [3.63, 3.8) is 0 Å². The monoisotopic (exact) mass is 793 g/mol. The number of hydrogen-bond donors (Lipinski definition) is 0. The Labute approximate surface area is 348 Å². The molecule has 0 aromatic carbocycles. The molecule has 0 heterocycles. The predicted octanol–water partition coefficient (Wildman–Crippen LogP) is 15.6. The van der Waals surface area contributed by atoms with E-state index < -0.39 is 6.10 Å². The van der Waals surface area contributed by atoms with E-state index in [0.29, 0.717) is 19.3 Å². The van der Waals surface area contributed by atoms with E-state index in [1.54, 1.807) is 0 Å². The highest BCUT2D eigenvalue weighted by atomic mass is 16.6. The number of ether oxygens (including phenoxy) is 3. The summed E-state index contributed by atoms with van der Waals surface area (Å²) < 4.78 is 16.8. The molecule has 0 aliphatic heterocycles. The summed E-state index contributed by atoms with van der Waals surface area (Å²) in [4.78, 5) is 37.8. The number of rotatable bonds is 43. The second kappa shape index (κ2) is 41.6. The minimum Gasteiger partial charge on any atom is -0.462 e. The van der Waals surface area contributed by atoms with Crippen LogP contribution >= 0.6 is 0 Å². The Morgan fingerprint density at radius 3 is 0.929 bits per heavy atom. The van der Waals surface area contributed by atoms with Crippen molar-refractivity contribution in [3.05, 3.63) is 0 Å². The van der Waals surface area contributed by atoms with Crippen molar-refractivity contribution in [2.75, 3.05) is 13.2 Å². The van der Waals surface area contributed by atoms with E-state index >= 15 is 0 Å². The third kappa shape index (κ3) is 42.0. The summed E-state index contributed by atoms with van der Waals surface area (Å²) in [5.74, 6) is 1.63. The summed E-state index contributed by atoms with van der Waals surface area (Å²) in [5.41, 5.74) is 0. The first-order valence-corrected chi connectivity index (χ1v) is 24.6. The molecule has 0 bridgehead atoms. The molecule has 6 nitrogen and oxygen atoms in total. The van der Waals surface area contributed by atoms with Crippen molar-refractivity contribution >= 4 is 17.9 Å². The molecule has 0 amide bonds. The molecule has 0 fully saturated rings. The molecule has 0 aromatic rings. The van der Waals surface area contributed by atoms with Crippen LogP contribution in [0.3, 0.4) is 0 Å². The number of carbonyl (C=O) groups is 3. The van der Waals surface area contributed by atoms with E-state index in [1.165, 1.54) is 148 Å². The fourth-order valence-electron chi connectivity index (χ4n) is 7.38. The van der Waals surface area contributed by atoms with Crippen LogP contribution in [0.2, 0.25) is 0 Å². The van der Waals surface area contributed by atoms with Gasteiger partial charge in [-0.2, -0.15) is 0 Å². The lowest BCUT2D eigenvalue weighted by Crippen LogP contribution is -2.30. The van der Waals surface area contributed by atoms with Gasteiger partial charge in [-0.3, -0.25) is 14.4 Å². The topological polar surface area (TPSA) is 78.9 Å². The van der Waals surface area contributed by atoms with Crippen molar-refractivity contribution in [2.24, 2.45) is 17.8 Å². The molecule has 1 unspecified atom stereocenters. The van der Waals surface area contributed by atoms with E-state index in [2.05, 4.69) is 41.5 Å². The standard InChI is InChI=1S/C50H96O6/c1-7-46(6)38-32-26-20-14-8-9-15-21-27-33-39-48(51)54-42-47(56-50(53)41-35-29-23-17-11-13-19-25-31-37-45(4)5)43-55-49(52)40-34-28-22-16-10-12-18-24-30-36-44(2)3/h44-47H,7-43H2,1-6H3/t46?,47-/m1/s1. The lowest BCUT2D eigenvalue weighted by molar-refractivity contribution is -0.167. The molecule has 6 heteroatoms. The zero-order valence-electron chi connectivity index (χ0n) is 38.4. The molecule has 0 spiro atoms. The molecule has 0 saturated heterocycles. The van der Waals surface area contributed by atoms with Crippen LogP contribution in [0.25, 0.3) is 0 Å². The van der Waals surface area contributed by atoms with Crippen molar-refractivity contribution in [3.8, 4) is 0 Å². The number of carbonyl (C=O) groups excluding carboxylic acids is 3. The molecule has 0 aromatic heterocycles. The molecule has 56 heavy (non-hydrogen) atoms. The quantitative estimate of drug-likeness (QED) is 0.0348. The fourth-order valence-corrected chi connectivity index (χ4v) is 7.38. The van der Waals surface area contributed by atoms with E-state index in [4.69, 9.17) is 14.2 Å². The lowest BCUT2D eigenvalue weighted by atomic mass is 9.99. The highest BCUT2D eigenvalue weighted by Crippen LogP contribution is 2.18. The molecule has 0 aliphatic carbocycles. The molecular formula is C50H96O6. The maximum absolute atomic E-state index is 12.7. The first-order valence-electron chi connectivity index (χ1n) is 24.6. The number of unbranched alkanes of at least 4 members (excludes halogenated alkanes) is 25. The zero-order chi connectivity index (χ0) is 41.3. The average Bonchev–Trinajstić information content (AvgIpc) is 3.16. The average molecular weight is 793 g/mol. The van der Waals surface area contributed by atoms with Crippen molar-refractivity contribution < 1.29 is 28.6 Å². The van der Waals surface area contributed by atoms with Crippen LogP contribution in [0.1, 0.15) is 266 Å². The van der Waals surface area contributed by atoms with Gasteiger partial charge in [0.15, 0.2) is 6.10 Å². The van der Waals surface area contributed by atoms with Crippen LogP contribution in [-0.4, -0.2) is 37.2 Å². The van der Waals surface area contributed by atoms with Gasteiger partial charge in [0.25, 0.3) is 0 Å². The van der Waals surface area contributed by atoms with Gasteiger partial charge in [-0.15, -0.1) is 0 Å². The summed E-state index contributed by atoms with van der Waals surface area (Å²) in [6, 6.07) is 0. The molecule has 332 valence electrons. The molecule has 2 atom stereocenters. The maximum Gasteiger partial charge on any atom is 0.306 e. The first kappa shape index (κ1) is 54.4. The fraction of sp³-hybridized carbons (Fsp3) is 0.940. The SMILES string of the molecule is CCC(C)CCCCCCCCCCCCC(=O)OC[C@H](COC(=O)CCCCCCCCCCCC(C)C)OC(=O)CCCCCCCCCCCC(C)C. The normalized spacial score (nSPS) is 12.6. The highest BCUT2D eigenvalue weighted by molar-refractivity contribution is 5.71. The van der Waals surface area contributed by atoms with Gasteiger partial charge < -0.3 is 14.2 Å². The van der Waals surface area contributed by atoms with Gasteiger partial charge in [0.05, 0.1) is 0 Å². The summed E-state index contributed by atoms with van der Waals surface area (Å²) >= 11 is 0. The summed E-state index contributed by atoms with van der Waals surface area (Å²) in [6.45, 7) is 13.7. The molecule has 0 aliphatic rings. The summed E-state index contributed by atoms with van der Waals surface area (Å²) in [6.07, 6.45) is 39.4. The van der Waals surface area contributed by atoms with Gasteiger partial charge >= 0.3 is 17.9 Å². The van der Waals surface area contributed by atoms with E-state index in [-0.39, 0.29) is 31.1 Å². The smallest absolute Gasteiger partial charge is 0.306 e. The second-order valence-corrected chi connectivity index (χ2v) is 18.3. The van der Waals surface area contributed by atoms with Crippen molar-refractivity contribution in [1.82, 2.24) is 0 Å². The minimum atomic E-state index is -0.762. The Kier molecular flexibility index (Phi) is 40.4. The number of hydrogen-bond acceptors (Lipinski definition) is 6. The summed E-state index contributed by atoms with van der Waals surface area (Å²) in [5, 5.41) is 0. The first-order chi connectivity index (χ1) is 27.1. The van der Waals surface area contributed by atoms with Gasteiger partial charge in [-0.05, 0) is 37.0 Å². The molecule has 0 radical (unpaired) electrons. The second-order valence-electron chi connectivity index (χ2n) is 18.3. The van der Waals surface area contributed by atoms with Gasteiger partial charge in [0.1, 0.15) is 13.2 Å². The van der Waals surface area contributed by atoms with E-state index in [9.17, 15) is 14.4 Å². The van der Waals surface area contributed by atoms with Gasteiger partial charge in [0, 0.05) is 19.3 Å². The van der Waals surface area contributed by atoms with Gasteiger partial charge in [-0.1, -0.05) is 228 Å². The van der Waals surface area contributed by atoms with Crippen LogP contribution in [0.4, 0.5) is 0 Å². The molecular weight excluding hydrogens is 697 g/mol. The Morgan fingerprint density at radius 2 is 0.625 bits per heavy atom. The van der Waals surface area contributed by atoms with Crippen LogP contribution in [0.5, 0.6) is 0 Å². The Balaban J connectivity index is 4.34.